The van der Waals surface area contributed by atoms with Crippen molar-refractivity contribution < 1.29 is 43.7 Å². The van der Waals surface area contributed by atoms with Crippen molar-refractivity contribution in [3.63, 3.8) is 0 Å². The average Bonchev–Trinajstić information content (AvgIpc) is 3.15. The van der Waals surface area contributed by atoms with Gasteiger partial charge in [-0.15, -0.1) is 0 Å². The van der Waals surface area contributed by atoms with Gasteiger partial charge in [-0.2, -0.15) is 4.98 Å². The van der Waals surface area contributed by atoms with Gasteiger partial charge >= 0.3 is 13.8 Å². The highest BCUT2D eigenvalue weighted by molar-refractivity contribution is 7.46. The quantitative estimate of drug-likeness (QED) is 0.210. The number of aliphatic hydroxyl groups is 2. The van der Waals surface area contributed by atoms with Crippen LogP contribution in [0.25, 0.3) is 11.2 Å². The summed E-state index contributed by atoms with van der Waals surface area (Å²) in [5.41, 5.74) is 9.42. The second kappa shape index (κ2) is 8.93. The molecule has 17 heteroatoms. The Hall–Kier alpha value is -2.43. The monoisotopic (exact) mass is 438 g/mol. The number of nitrogens with two attached hydrogens (primary N) is 2. The number of nitrogens with zero attached hydrogens (tertiary/aromatic N) is 3. The van der Waals surface area contributed by atoms with Gasteiger partial charge in [0.1, 0.15) is 18.3 Å². The Kier molecular flexibility index (Phi) is 7.04. The van der Waals surface area contributed by atoms with E-state index in [1.807, 2.05) is 0 Å². The normalized spacial score (nSPS) is 24.3. The number of hydrogen-bond donors (Lipinski definition) is 8. The van der Waals surface area contributed by atoms with E-state index in [0.717, 1.165) is 0 Å². The molecule has 0 spiro atoms. The standard InChI is InChI=1S/C10H14N5O8P.C2H5NO2/c11-10-13-7-4(8(18)14-10)12-2-15(7)9-6(17)5(16)3(23-9)1-22-24(19,20)21;3-1-2(4)5/h2-3,5-6,9,16-17H,1H2,(H2,19,20,21)(H3,11,13,14,18);1,3H2,(H,4,5)/t3-,5-,6-,9-;/m1./s1. The molecule has 0 radical (unpaired) electrons. The van der Waals surface area contributed by atoms with E-state index >= 15 is 0 Å². The summed E-state index contributed by atoms with van der Waals surface area (Å²) in [5, 5.41) is 27.7. The number of aliphatic carboxylic acids is 1. The lowest BCUT2D eigenvalue weighted by Crippen LogP contribution is -2.33. The maximum Gasteiger partial charge on any atom is 0.469 e. The van der Waals surface area contributed by atoms with E-state index in [0.29, 0.717) is 0 Å². The van der Waals surface area contributed by atoms with Gasteiger partial charge in [-0.25, -0.2) is 9.55 Å². The summed E-state index contributed by atoms with van der Waals surface area (Å²) in [5.74, 6) is -1.14. The van der Waals surface area contributed by atoms with E-state index in [1.54, 1.807) is 0 Å². The number of H-pyrrole nitrogens is 1. The molecule has 3 heterocycles. The molecule has 29 heavy (non-hydrogen) atoms. The highest BCUT2D eigenvalue weighted by Gasteiger charge is 2.45. The molecule has 1 aliphatic heterocycles. The maximum absolute atomic E-state index is 11.7. The van der Waals surface area contributed by atoms with Gasteiger partial charge in [0.05, 0.1) is 19.5 Å². The van der Waals surface area contributed by atoms with Crippen molar-refractivity contribution in [2.45, 2.75) is 24.5 Å². The Labute approximate surface area is 160 Å². The Morgan fingerprint density at radius 3 is 2.55 bits per heavy atom. The number of imidazole rings is 1. The molecular weight excluding hydrogens is 419 g/mol. The molecule has 0 saturated carbocycles. The average molecular weight is 438 g/mol. The van der Waals surface area contributed by atoms with Crippen LogP contribution in [0.4, 0.5) is 5.95 Å². The van der Waals surface area contributed by atoms with Crippen molar-refractivity contribution in [3.8, 4) is 0 Å². The first-order valence-electron chi connectivity index (χ1n) is 7.80. The van der Waals surface area contributed by atoms with Gasteiger partial charge in [0.2, 0.25) is 5.95 Å². The Morgan fingerprint density at radius 1 is 1.38 bits per heavy atom. The predicted molar refractivity (Wildman–Crippen MR) is 93.2 cm³/mol. The lowest BCUT2D eigenvalue weighted by Gasteiger charge is -2.16. The molecule has 1 saturated heterocycles. The number of fused-ring (bicyclic) bond motifs is 1. The second-order valence-corrected chi connectivity index (χ2v) is 6.95. The summed E-state index contributed by atoms with van der Waals surface area (Å²) < 4.78 is 21.6. The Morgan fingerprint density at radius 2 is 2.00 bits per heavy atom. The first kappa shape index (κ1) is 22.9. The van der Waals surface area contributed by atoms with E-state index in [-0.39, 0.29) is 23.7 Å². The van der Waals surface area contributed by atoms with Gasteiger partial charge in [0.15, 0.2) is 17.4 Å². The summed E-state index contributed by atoms with van der Waals surface area (Å²) >= 11 is 0. The van der Waals surface area contributed by atoms with Crippen molar-refractivity contribution in [3.05, 3.63) is 16.7 Å². The van der Waals surface area contributed by atoms with Crippen molar-refractivity contribution in [2.24, 2.45) is 5.73 Å². The number of phosphoric ester groups is 1. The number of carbonyl (C=O) groups is 1. The summed E-state index contributed by atoms with van der Waals surface area (Å²) in [7, 11) is -4.76. The zero-order chi connectivity index (χ0) is 21.9. The molecule has 0 aromatic carbocycles. The molecule has 4 atom stereocenters. The third-order valence-corrected chi connectivity index (χ3v) is 4.13. The summed E-state index contributed by atoms with van der Waals surface area (Å²) in [6.45, 7) is -0.929. The number of aromatic nitrogens is 4. The van der Waals surface area contributed by atoms with E-state index in [1.165, 1.54) is 10.9 Å². The minimum atomic E-state index is -4.76. The number of anilines is 1. The molecule has 16 nitrogen and oxygen atoms in total. The predicted octanol–water partition coefficient (Wildman–Crippen LogP) is -3.54. The number of phosphoric acid groups is 1. The van der Waals surface area contributed by atoms with Gasteiger partial charge < -0.3 is 41.3 Å². The zero-order valence-electron chi connectivity index (χ0n) is 14.5. The van der Waals surface area contributed by atoms with Crippen LogP contribution in [-0.4, -0.2) is 82.1 Å². The highest BCUT2D eigenvalue weighted by Crippen LogP contribution is 2.38. The minimum absolute atomic E-state index is 0.0176. The fraction of sp³-hybridized carbons (Fsp3) is 0.500. The number of nitrogen functional groups attached to an aromatic ring is 1. The maximum atomic E-state index is 11.7. The van der Waals surface area contributed by atoms with Crippen molar-refractivity contribution >= 4 is 30.9 Å². The molecule has 0 unspecified atom stereocenters. The molecule has 2 aromatic heterocycles. The fourth-order valence-electron chi connectivity index (χ4n) is 2.40. The van der Waals surface area contributed by atoms with Crippen molar-refractivity contribution in [1.82, 2.24) is 19.5 Å². The number of carboxylic acids is 1. The third-order valence-electron chi connectivity index (χ3n) is 3.64. The highest BCUT2D eigenvalue weighted by atomic mass is 31.2. The summed E-state index contributed by atoms with van der Waals surface area (Å²) in [4.78, 5) is 48.4. The van der Waals surface area contributed by atoms with E-state index in [9.17, 15) is 24.4 Å². The van der Waals surface area contributed by atoms with Crippen LogP contribution in [0.2, 0.25) is 0 Å². The lowest BCUT2D eigenvalue weighted by molar-refractivity contribution is -0.135. The van der Waals surface area contributed by atoms with Gasteiger partial charge in [0.25, 0.3) is 5.56 Å². The van der Waals surface area contributed by atoms with Gasteiger partial charge in [-0.1, -0.05) is 0 Å². The van der Waals surface area contributed by atoms with Crippen molar-refractivity contribution in [2.75, 3.05) is 18.9 Å². The number of aromatic amines is 1. The molecule has 0 bridgehead atoms. The number of aliphatic hydroxyl groups excluding tert-OH is 2. The molecule has 10 N–H and O–H groups in total. The molecule has 162 valence electrons. The second-order valence-electron chi connectivity index (χ2n) is 5.71. The number of hydrogen-bond acceptors (Lipinski definition) is 11. The van der Waals surface area contributed by atoms with Gasteiger partial charge in [-0.05, 0) is 0 Å². The van der Waals surface area contributed by atoms with Crippen LogP contribution in [0, 0.1) is 0 Å². The Bertz CT molecular complexity index is 972. The number of nitrogens with one attached hydrogen (secondary N) is 1. The van der Waals surface area contributed by atoms with Crippen molar-refractivity contribution in [1.29, 1.82) is 0 Å². The number of ether oxygens (including phenoxy) is 1. The molecule has 1 fully saturated rings. The molecule has 3 rings (SSSR count). The fourth-order valence-corrected chi connectivity index (χ4v) is 2.74. The zero-order valence-corrected chi connectivity index (χ0v) is 15.4. The molecular formula is C12H19N6O10P. The van der Waals surface area contributed by atoms with E-state index in [4.69, 9.17) is 25.4 Å². The van der Waals surface area contributed by atoms with Crippen LogP contribution < -0.4 is 17.0 Å². The first-order chi connectivity index (χ1) is 13.4. The lowest BCUT2D eigenvalue weighted by atomic mass is 10.1. The summed E-state index contributed by atoms with van der Waals surface area (Å²) in [6.07, 6.45) is -4.22. The Balaban J connectivity index is 0.000000537. The molecule has 2 aromatic rings. The summed E-state index contributed by atoms with van der Waals surface area (Å²) in [6, 6.07) is 0. The third kappa shape index (κ3) is 5.55. The van der Waals surface area contributed by atoms with E-state index in [2.05, 4.69) is 25.2 Å². The number of carboxylic acid groups (broad SMARTS) is 1. The van der Waals surface area contributed by atoms with Crippen LogP contribution >= 0.6 is 7.82 Å². The van der Waals surface area contributed by atoms with Crippen LogP contribution in [0.1, 0.15) is 6.23 Å². The van der Waals surface area contributed by atoms with Crippen LogP contribution in [0.15, 0.2) is 11.1 Å². The van der Waals surface area contributed by atoms with Crippen LogP contribution in [0.5, 0.6) is 0 Å². The molecule has 0 aliphatic carbocycles. The van der Waals surface area contributed by atoms with E-state index < -0.39 is 50.5 Å². The molecule has 1 aliphatic rings. The first-order valence-corrected chi connectivity index (χ1v) is 9.33. The van der Waals surface area contributed by atoms with Gasteiger partial charge in [-0.3, -0.25) is 23.7 Å². The van der Waals surface area contributed by atoms with Crippen LogP contribution in [-0.2, 0) is 18.6 Å². The van der Waals surface area contributed by atoms with Gasteiger partial charge in [0, 0.05) is 0 Å². The number of rotatable bonds is 5. The smallest absolute Gasteiger partial charge is 0.469 e. The SMILES string of the molecule is NCC(=O)O.Nc1nc2c(ncn2[C@@H]2O[C@H](COP(=O)(O)O)[C@@H](O)[C@H]2O)c(=O)[nH]1. The minimum Gasteiger partial charge on any atom is -0.480 e. The topological polar surface area (TPSA) is 269 Å². The largest absolute Gasteiger partial charge is 0.480 e. The molecule has 0 amide bonds. The van der Waals surface area contributed by atoms with Crippen LogP contribution in [0.3, 0.4) is 0 Å².